The molecule has 2 unspecified atom stereocenters. The van der Waals surface area contributed by atoms with E-state index < -0.39 is 0 Å². The van der Waals surface area contributed by atoms with Gasteiger partial charge in [-0.2, -0.15) is 5.10 Å². The predicted octanol–water partition coefficient (Wildman–Crippen LogP) is 0.538. The first kappa shape index (κ1) is 12.1. The molecule has 0 aliphatic carbocycles. The molecular formula is C12H20N4O. The SMILES string of the molecule is CC1CCCNC1CNC(=O)c1ccn(C)n1. The molecule has 5 nitrogen and oxygen atoms in total. The molecule has 1 saturated heterocycles. The lowest BCUT2D eigenvalue weighted by atomic mass is 9.93. The maximum atomic E-state index is 11.8. The normalized spacial score (nSPS) is 24.6. The van der Waals surface area contributed by atoms with Crippen LogP contribution in [0.1, 0.15) is 30.3 Å². The van der Waals surface area contributed by atoms with Crippen molar-refractivity contribution in [1.82, 2.24) is 20.4 Å². The first-order chi connectivity index (χ1) is 8.16. The van der Waals surface area contributed by atoms with Crippen LogP contribution in [-0.4, -0.2) is 34.8 Å². The monoisotopic (exact) mass is 236 g/mol. The third-order valence-electron chi connectivity index (χ3n) is 3.36. The summed E-state index contributed by atoms with van der Waals surface area (Å²) in [6, 6.07) is 2.11. The van der Waals surface area contributed by atoms with E-state index in [-0.39, 0.29) is 5.91 Å². The van der Waals surface area contributed by atoms with Crippen LogP contribution in [0.4, 0.5) is 0 Å². The second-order valence-electron chi connectivity index (χ2n) is 4.76. The summed E-state index contributed by atoms with van der Waals surface area (Å²) in [5, 5.41) is 10.5. The number of piperidine rings is 1. The maximum absolute atomic E-state index is 11.8. The van der Waals surface area contributed by atoms with Gasteiger partial charge in [-0.15, -0.1) is 0 Å². The summed E-state index contributed by atoms with van der Waals surface area (Å²) >= 11 is 0. The molecule has 1 aromatic rings. The number of rotatable bonds is 3. The summed E-state index contributed by atoms with van der Waals surface area (Å²) in [4.78, 5) is 11.8. The van der Waals surface area contributed by atoms with Crippen LogP contribution in [-0.2, 0) is 7.05 Å². The molecule has 1 fully saturated rings. The Hall–Kier alpha value is -1.36. The molecule has 94 valence electrons. The smallest absolute Gasteiger partial charge is 0.271 e. The Bertz CT molecular complexity index is 388. The van der Waals surface area contributed by atoms with E-state index in [0.29, 0.717) is 24.2 Å². The summed E-state index contributed by atoms with van der Waals surface area (Å²) in [5.74, 6) is 0.526. The zero-order valence-electron chi connectivity index (χ0n) is 10.4. The molecule has 0 aromatic carbocycles. The van der Waals surface area contributed by atoms with E-state index in [1.54, 1.807) is 16.9 Å². The van der Waals surface area contributed by atoms with Gasteiger partial charge in [-0.25, -0.2) is 0 Å². The topological polar surface area (TPSA) is 58.9 Å². The number of nitrogens with zero attached hydrogens (tertiary/aromatic N) is 2. The molecule has 0 saturated carbocycles. The fourth-order valence-electron chi connectivity index (χ4n) is 2.22. The van der Waals surface area contributed by atoms with E-state index >= 15 is 0 Å². The number of amides is 1. The van der Waals surface area contributed by atoms with Crippen LogP contribution in [0.5, 0.6) is 0 Å². The van der Waals surface area contributed by atoms with Crippen LogP contribution >= 0.6 is 0 Å². The number of hydrogen-bond donors (Lipinski definition) is 2. The number of nitrogens with one attached hydrogen (secondary N) is 2. The van der Waals surface area contributed by atoms with Gasteiger partial charge >= 0.3 is 0 Å². The quantitative estimate of drug-likeness (QED) is 0.805. The van der Waals surface area contributed by atoms with E-state index in [0.717, 1.165) is 6.54 Å². The molecule has 0 spiro atoms. The van der Waals surface area contributed by atoms with Gasteiger partial charge in [0.2, 0.25) is 0 Å². The van der Waals surface area contributed by atoms with Crippen molar-refractivity contribution in [3.8, 4) is 0 Å². The van der Waals surface area contributed by atoms with Gasteiger partial charge in [-0.05, 0) is 31.4 Å². The minimum Gasteiger partial charge on any atom is -0.349 e. The van der Waals surface area contributed by atoms with Crippen LogP contribution in [0, 0.1) is 5.92 Å². The van der Waals surface area contributed by atoms with Gasteiger partial charge in [0, 0.05) is 25.8 Å². The first-order valence-electron chi connectivity index (χ1n) is 6.18. The molecule has 1 aromatic heterocycles. The van der Waals surface area contributed by atoms with E-state index in [4.69, 9.17) is 0 Å². The molecule has 2 rings (SSSR count). The Balaban J connectivity index is 1.83. The molecule has 5 heteroatoms. The highest BCUT2D eigenvalue weighted by Crippen LogP contribution is 2.14. The van der Waals surface area contributed by atoms with Crippen LogP contribution in [0.2, 0.25) is 0 Å². The summed E-state index contributed by atoms with van der Waals surface area (Å²) in [5.41, 5.74) is 0.482. The minimum absolute atomic E-state index is 0.0924. The van der Waals surface area contributed by atoms with E-state index in [1.165, 1.54) is 12.8 Å². The average molecular weight is 236 g/mol. The van der Waals surface area contributed by atoms with E-state index in [1.807, 2.05) is 7.05 Å². The van der Waals surface area contributed by atoms with Gasteiger partial charge in [-0.3, -0.25) is 9.48 Å². The summed E-state index contributed by atoms with van der Waals surface area (Å²) in [6.07, 6.45) is 4.24. The molecule has 1 amide bonds. The number of aryl methyl sites for hydroxylation is 1. The molecule has 17 heavy (non-hydrogen) atoms. The van der Waals surface area contributed by atoms with Crippen molar-refractivity contribution >= 4 is 5.91 Å². The van der Waals surface area contributed by atoms with Gasteiger partial charge in [0.15, 0.2) is 0 Å². The molecule has 2 heterocycles. The average Bonchev–Trinajstić information content (AvgIpc) is 2.74. The van der Waals surface area contributed by atoms with Crippen LogP contribution in [0.3, 0.4) is 0 Å². The zero-order chi connectivity index (χ0) is 12.3. The lowest BCUT2D eigenvalue weighted by molar-refractivity contribution is 0.0938. The number of hydrogen-bond acceptors (Lipinski definition) is 3. The second kappa shape index (κ2) is 5.31. The molecule has 2 N–H and O–H groups in total. The predicted molar refractivity (Wildman–Crippen MR) is 65.7 cm³/mol. The number of carbonyl (C=O) groups is 1. The second-order valence-corrected chi connectivity index (χ2v) is 4.76. The van der Waals surface area contributed by atoms with Crippen molar-refractivity contribution in [3.05, 3.63) is 18.0 Å². The third-order valence-corrected chi connectivity index (χ3v) is 3.36. The van der Waals surface area contributed by atoms with Crippen molar-refractivity contribution in [2.24, 2.45) is 13.0 Å². The lowest BCUT2D eigenvalue weighted by Crippen LogP contribution is -2.47. The van der Waals surface area contributed by atoms with Crippen LogP contribution < -0.4 is 10.6 Å². The van der Waals surface area contributed by atoms with Crippen molar-refractivity contribution in [2.75, 3.05) is 13.1 Å². The molecule has 0 radical (unpaired) electrons. The van der Waals surface area contributed by atoms with E-state index in [9.17, 15) is 4.79 Å². The van der Waals surface area contributed by atoms with Crippen LogP contribution in [0.25, 0.3) is 0 Å². The van der Waals surface area contributed by atoms with Gasteiger partial charge in [0.1, 0.15) is 5.69 Å². The van der Waals surface area contributed by atoms with Crippen molar-refractivity contribution in [1.29, 1.82) is 0 Å². The third kappa shape index (κ3) is 3.06. The van der Waals surface area contributed by atoms with Crippen LogP contribution in [0.15, 0.2) is 12.3 Å². The fraction of sp³-hybridized carbons (Fsp3) is 0.667. The summed E-state index contributed by atoms with van der Waals surface area (Å²) < 4.78 is 1.64. The highest BCUT2D eigenvalue weighted by molar-refractivity contribution is 5.92. The Morgan fingerprint density at radius 1 is 1.71 bits per heavy atom. The Morgan fingerprint density at radius 2 is 2.53 bits per heavy atom. The van der Waals surface area contributed by atoms with Gasteiger partial charge < -0.3 is 10.6 Å². The van der Waals surface area contributed by atoms with Gasteiger partial charge in [-0.1, -0.05) is 6.92 Å². The summed E-state index contributed by atoms with van der Waals surface area (Å²) in [7, 11) is 1.81. The highest BCUT2D eigenvalue weighted by atomic mass is 16.1. The standard InChI is InChI=1S/C12H20N4O/c1-9-4-3-6-13-11(9)8-14-12(17)10-5-7-16(2)15-10/h5,7,9,11,13H,3-4,6,8H2,1-2H3,(H,14,17). The zero-order valence-corrected chi connectivity index (χ0v) is 10.4. The van der Waals surface area contributed by atoms with Crippen molar-refractivity contribution < 1.29 is 4.79 Å². The fourth-order valence-corrected chi connectivity index (χ4v) is 2.22. The Morgan fingerprint density at radius 3 is 3.18 bits per heavy atom. The maximum Gasteiger partial charge on any atom is 0.271 e. The summed E-state index contributed by atoms with van der Waals surface area (Å²) in [6.45, 7) is 3.95. The molecule has 1 aliphatic heterocycles. The molecule has 0 bridgehead atoms. The Labute approximate surface area is 102 Å². The minimum atomic E-state index is -0.0924. The lowest BCUT2D eigenvalue weighted by Gasteiger charge is -2.30. The number of aromatic nitrogens is 2. The molecule has 2 atom stereocenters. The van der Waals surface area contributed by atoms with Gasteiger partial charge in [0.05, 0.1) is 0 Å². The molecular weight excluding hydrogens is 216 g/mol. The number of carbonyl (C=O) groups excluding carboxylic acids is 1. The highest BCUT2D eigenvalue weighted by Gasteiger charge is 2.21. The van der Waals surface area contributed by atoms with E-state index in [2.05, 4.69) is 22.7 Å². The van der Waals surface area contributed by atoms with Crippen molar-refractivity contribution in [3.63, 3.8) is 0 Å². The first-order valence-corrected chi connectivity index (χ1v) is 6.18. The Kier molecular flexibility index (Phi) is 3.78. The van der Waals surface area contributed by atoms with Gasteiger partial charge in [0.25, 0.3) is 5.91 Å². The molecule has 1 aliphatic rings. The largest absolute Gasteiger partial charge is 0.349 e. The van der Waals surface area contributed by atoms with Crippen molar-refractivity contribution in [2.45, 2.75) is 25.8 Å².